The summed E-state index contributed by atoms with van der Waals surface area (Å²) in [5.41, 5.74) is 3.52. The lowest BCUT2D eigenvalue weighted by Crippen LogP contribution is -2.23. The molecule has 3 aromatic rings. The number of nitrogens with zero attached hydrogens (tertiary/aromatic N) is 5. The molecule has 0 bridgehead atoms. The highest BCUT2D eigenvalue weighted by Crippen LogP contribution is 2.24. The predicted molar refractivity (Wildman–Crippen MR) is 105 cm³/mol. The third-order valence-corrected chi connectivity index (χ3v) is 5.04. The van der Waals surface area contributed by atoms with Gasteiger partial charge in [0.1, 0.15) is 11.6 Å². The summed E-state index contributed by atoms with van der Waals surface area (Å²) in [6.45, 7) is 6.21. The molecule has 26 heavy (non-hydrogen) atoms. The van der Waals surface area contributed by atoms with Crippen LogP contribution in [0.25, 0.3) is 11.0 Å². The minimum atomic E-state index is 0.753. The van der Waals surface area contributed by atoms with Gasteiger partial charge in [-0.15, -0.1) is 0 Å². The molecule has 0 spiro atoms. The van der Waals surface area contributed by atoms with Crippen LogP contribution in [-0.2, 0) is 13.1 Å². The molecule has 134 valence electrons. The van der Waals surface area contributed by atoms with E-state index in [4.69, 9.17) is 4.98 Å². The van der Waals surface area contributed by atoms with Crippen molar-refractivity contribution < 1.29 is 0 Å². The molecule has 0 amide bonds. The predicted octanol–water partition coefficient (Wildman–Crippen LogP) is 3.57. The molecular weight excluding hydrogens is 322 g/mol. The van der Waals surface area contributed by atoms with Gasteiger partial charge in [-0.3, -0.25) is 4.90 Å². The maximum atomic E-state index is 4.69. The first kappa shape index (κ1) is 16.9. The number of pyridine rings is 1. The first-order valence-corrected chi connectivity index (χ1v) is 9.30. The van der Waals surface area contributed by atoms with Crippen LogP contribution in [0.2, 0.25) is 0 Å². The van der Waals surface area contributed by atoms with Crippen LogP contribution in [0.1, 0.15) is 29.8 Å². The van der Waals surface area contributed by atoms with Gasteiger partial charge in [0.05, 0.1) is 5.39 Å². The van der Waals surface area contributed by atoms with Gasteiger partial charge in [-0.05, 0) is 56.1 Å². The second-order valence-corrected chi connectivity index (χ2v) is 7.08. The zero-order chi connectivity index (χ0) is 17.9. The first-order valence-electron chi connectivity index (χ1n) is 9.30. The van der Waals surface area contributed by atoms with Crippen LogP contribution < -0.4 is 4.90 Å². The summed E-state index contributed by atoms with van der Waals surface area (Å²) in [6, 6.07) is 12.7. The van der Waals surface area contributed by atoms with Gasteiger partial charge < -0.3 is 4.90 Å². The average molecular weight is 347 g/mol. The molecule has 0 N–H and O–H groups in total. The number of rotatable bonds is 5. The van der Waals surface area contributed by atoms with Gasteiger partial charge in [-0.25, -0.2) is 15.0 Å². The highest BCUT2D eigenvalue weighted by atomic mass is 15.2. The molecule has 1 aromatic carbocycles. The summed E-state index contributed by atoms with van der Waals surface area (Å²) < 4.78 is 0. The Hall–Kier alpha value is -2.53. The van der Waals surface area contributed by atoms with Crippen LogP contribution in [-0.4, -0.2) is 40.0 Å². The molecule has 1 aliphatic rings. The van der Waals surface area contributed by atoms with E-state index in [1.54, 1.807) is 6.20 Å². The summed E-state index contributed by atoms with van der Waals surface area (Å²) in [7, 11) is 2.10. The van der Waals surface area contributed by atoms with Gasteiger partial charge in [0.2, 0.25) is 0 Å². The highest BCUT2D eigenvalue weighted by molar-refractivity contribution is 5.86. The van der Waals surface area contributed by atoms with E-state index in [0.717, 1.165) is 35.8 Å². The Balaban J connectivity index is 1.62. The monoisotopic (exact) mass is 347 g/mol. The minimum absolute atomic E-state index is 0.753. The zero-order valence-electron chi connectivity index (χ0n) is 15.5. The normalized spacial score (nSPS) is 14.8. The fourth-order valence-corrected chi connectivity index (χ4v) is 3.72. The van der Waals surface area contributed by atoms with Gasteiger partial charge in [-0.2, -0.15) is 0 Å². The average Bonchev–Trinajstić information content (AvgIpc) is 3.15. The number of aryl methyl sites for hydroxylation is 1. The van der Waals surface area contributed by atoms with Crippen LogP contribution >= 0.6 is 0 Å². The number of benzene rings is 1. The van der Waals surface area contributed by atoms with Crippen molar-refractivity contribution in [2.24, 2.45) is 0 Å². The maximum absolute atomic E-state index is 4.69. The van der Waals surface area contributed by atoms with Gasteiger partial charge in [0, 0.05) is 26.3 Å². The van der Waals surface area contributed by atoms with Crippen LogP contribution in [0.3, 0.4) is 0 Å². The van der Waals surface area contributed by atoms with Crippen molar-refractivity contribution in [2.75, 3.05) is 25.0 Å². The summed E-state index contributed by atoms with van der Waals surface area (Å²) in [6.07, 6.45) is 4.42. The molecule has 0 aliphatic carbocycles. The Kier molecular flexibility index (Phi) is 4.80. The van der Waals surface area contributed by atoms with E-state index < -0.39 is 0 Å². The quantitative estimate of drug-likeness (QED) is 0.706. The second-order valence-electron chi connectivity index (χ2n) is 7.08. The SMILES string of the molecule is Cc1nc(N(C)Cc2ccccc2CN2CCCC2)c2cccnc2n1. The van der Waals surface area contributed by atoms with E-state index in [1.807, 2.05) is 19.1 Å². The lowest BCUT2D eigenvalue weighted by Gasteiger charge is -2.23. The third kappa shape index (κ3) is 3.53. The molecule has 0 saturated carbocycles. The molecule has 1 aliphatic heterocycles. The van der Waals surface area contributed by atoms with Crippen LogP contribution in [0.4, 0.5) is 5.82 Å². The molecule has 5 nitrogen and oxygen atoms in total. The van der Waals surface area contributed by atoms with Crippen LogP contribution in [0.5, 0.6) is 0 Å². The minimum Gasteiger partial charge on any atom is -0.355 e. The Bertz CT molecular complexity index is 902. The molecule has 3 heterocycles. The van der Waals surface area contributed by atoms with Crippen molar-refractivity contribution in [1.29, 1.82) is 0 Å². The van der Waals surface area contributed by atoms with Gasteiger partial charge in [0.25, 0.3) is 0 Å². The van der Waals surface area contributed by atoms with E-state index in [-0.39, 0.29) is 0 Å². The van der Waals surface area contributed by atoms with E-state index in [2.05, 4.69) is 51.1 Å². The van der Waals surface area contributed by atoms with Crippen molar-refractivity contribution in [3.8, 4) is 0 Å². The Morgan fingerprint density at radius 2 is 1.77 bits per heavy atom. The van der Waals surface area contributed by atoms with Gasteiger partial charge in [-0.1, -0.05) is 24.3 Å². The Morgan fingerprint density at radius 3 is 2.58 bits per heavy atom. The van der Waals surface area contributed by atoms with Gasteiger partial charge >= 0.3 is 0 Å². The van der Waals surface area contributed by atoms with E-state index in [0.29, 0.717) is 0 Å². The summed E-state index contributed by atoms with van der Waals surface area (Å²) in [4.78, 5) is 18.3. The number of hydrogen-bond donors (Lipinski definition) is 0. The third-order valence-electron chi connectivity index (χ3n) is 5.04. The van der Waals surface area contributed by atoms with Crippen LogP contribution in [0, 0.1) is 6.92 Å². The largest absolute Gasteiger partial charge is 0.355 e. The fraction of sp³-hybridized carbons (Fsp3) is 0.381. The Labute approximate surface area is 154 Å². The number of fused-ring (bicyclic) bond motifs is 1. The number of hydrogen-bond acceptors (Lipinski definition) is 5. The number of likely N-dealkylation sites (tertiary alicyclic amines) is 1. The lowest BCUT2D eigenvalue weighted by molar-refractivity contribution is 0.330. The summed E-state index contributed by atoms with van der Waals surface area (Å²) >= 11 is 0. The lowest BCUT2D eigenvalue weighted by atomic mass is 10.1. The number of aromatic nitrogens is 3. The van der Waals surface area contributed by atoms with Crippen molar-refractivity contribution in [3.63, 3.8) is 0 Å². The molecule has 0 radical (unpaired) electrons. The van der Waals surface area contributed by atoms with Crippen molar-refractivity contribution in [3.05, 3.63) is 59.5 Å². The number of anilines is 1. The molecule has 0 unspecified atom stereocenters. The topological polar surface area (TPSA) is 45.2 Å². The van der Waals surface area contributed by atoms with E-state index in [9.17, 15) is 0 Å². The molecule has 1 saturated heterocycles. The highest BCUT2D eigenvalue weighted by Gasteiger charge is 2.16. The van der Waals surface area contributed by atoms with Gasteiger partial charge in [0.15, 0.2) is 5.65 Å². The first-order chi connectivity index (χ1) is 12.7. The molecule has 2 aromatic heterocycles. The molecule has 5 heteroatoms. The van der Waals surface area contributed by atoms with E-state index >= 15 is 0 Å². The zero-order valence-corrected chi connectivity index (χ0v) is 15.5. The molecule has 1 fully saturated rings. The standard InChI is InChI=1S/C21H25N5/c1-16-23-20-19(10-7-11-22-20)21(24-16)25(2)14-17-8-3-4-9-18(17)15-26-12-5-6-13-26/h3-4,7-11H,5-6,12-15H2,1-2H3. The smallest absolute Gasteiger partial charge is 0.164 e. The van der Waals surface area contributed by atoms with Crippen LogP contribution in [0.15, 0.2) is 42.6 Å². The summed E-state index contributed by atoms with van der Waals surface area (Å²) in [5.74, 6) is 1.69. The van der Waals surface area contributed by atoms with Crippen molar-refractivity contribution in [2.45, 2.75) is 32.9 Å². The second kappa shape index (κ2) is 7.38. The van der Waals surface area contributed by atoms with E-state index in [1.165, 1.54) is 37.1 Å². The Morgan fingerprint density at radius 1 is 1.00 bits per heavy atom. The van der Waals surface area contributed by atoms with Crippen molar-refractivity contribution in [1.82, 2.24) is 19.9 Å². The molecular formula is C21H25N5. The molecule has 4 rings (SSSR count). The maximum Gasteiger partial charge on any atom is 0.164 e. The fourth-order valence-electron chi connectivity index (χ4n) is 3.72. The van der Waals surface area contributed by atoms with Crippen molar-refractivity contribution >= 4 is 16.9 Å². The molecule has 0 atom stereocenters. The summed E-state index contributed by atoms with van der Waals surface area (Å²) in [5, 5.41) is 0.998.